The number of carbonyl (C=O) groups excluding carboxylic acids is 2. The highest BCUT2D eigenvalue weighted by Crippen LogP contribution is 2.35. The average molecular weight is 457 g/mol. The van der Waals surface area contributed by atoms with Gasteiger partial charge in [-0.3, -0.25) is 19.8 Å². The zero-order valence-electron chi connectivity index (χ0n) is 14.8. The Bertz CT molecular complexity index is 1120. The minimum absolute atomic E-state index is 0.0485. The van der Waals surface area contributed by atoms with Crippen molar-refractivity contribution in [2.45, 2.75) is 9.10 Å². The Morgan fingerprint density at radius 3 is 2.45 bits per heavy atom. The fraction of sp³-hybridized carbons (Fsp3) is 0. The number of rotatable bonds is 4. The van der Waals surface area contributed by atoms with E-state index in [1.54, 1.807) is 30.0 Å². The van der Waals surface area contributed by atoms with Crippen molar-refractivity contribution in [3.63, 3.8) is 0 Å². The Morgan fingerprint density at radius 2 is 1.72 bits per heavy atom. The molecule has 0 radical (unpaired) electrons. The molecule has 8 heteroatoms. The molecule has 1 N–H and O–H groups in total. The molecule has 29 heavy (non-hydrogen) atoms. The first kappa shape index (κ1) is 19.8. The Labute approximate surface area is 186 Å². The predicted octanol–water partition coefficient (Wildman–Crippen LogP) is 5.38. The molecule has 0 aliphatic carbocycles. The van der Waals surface area contributed by atoms with E-state index in [-0.39, 0.29) is 10.7 Å². The van der Waals surface area contributed by atoms with Gasteiger partial charge in [-0.2, -0.15) is 0 Å². The summed E-state index contributed by atoms with van der Waals surface area (Å²) in [7, 11) is 0. The predicted molar refractivity (Wildman–Crippen MR) is 123 cm³/mol. The van der Waals surface area contributed by atoms with Crippen LogP contribution in [0.5, 0.6) is 0 Å². The van der Waals surface area contributed by atoms with Gasteiger partial charge in [0.25, 0.3) is 11.8 Å². The van der Waals surface area contributed by atoms with Crippen molar-refractivity contribution >= 4 is 75.6 Å². The highest BCUT2D eigenvalue weighted by Gasteiger charge is 2.34. The highest BCUT2D eigenvalue weighted by atomic mass is 35.5. The summed E-state index contributed by atoms with van der Waals surface area (Å²) in [5, 5.41) is 3.36. The number of amides is 2. The van der Waals surface area contributed by atoms with Crippen molar-refractivity contribution in [2.24, 2.45) is 0 Å². The molecule has 2 amide bonds. The summed E-state index contributed by atoms with van der Waals surface area (Å²) >= 11 is 14.2. The van der Waals surface area contributed by atoms with Gasteiger partial charge in [0.1, 0.15) is 5.57 Å². The Balaban J connectivity index is 1.59. The number of benzene rings is 2. The molecule has 1 aliphatic heterocycles. The summed E-state index contributed by atoms with van der Waals surface area (Å²) in [5.74, 6) is -0.933. The maximum Gasteiger partial charge on any atom is 0.270 e. The molecule has 0 saturated carbocycles. The van der Waals surface area contributed by atoms with Crippen LogP contribution in [0.2, 0.25) is 5.02 Å². The quantitative estimate of drug-likeness (QED) is 0.325. The Hall–Kier alpha value is -2.45. The maximum atomic E-state index is 13.0. The first-order chi connectivity index (χ1) is 14.0. The molecule has 1 fully saturated rings. The lowest BCUT2D eigenvalue weighted by molar-refractivity contribution is -0.122. The van der Waals surface area contributed by atoms with Crippen molar-refractivity contribution in [1.82, 2.24) is 5.32 Å². The molecule has 0 bridgehead atoms. The van der Waals surface area contributed by atoms with Crippen molar-refractivity contribution in [3.05, 3.63) is 82.2 Å². The molecule has 1 aliphatic rings. The fourth-order valence-corrected chi connectivity index (χ4v) is 5.17. The second-order valence-electron chi connectivity index (χ2n) is 6.01. The highest BCUT2D eigenvalue weighted by molar-refractivity contribution is 8.01. The monoisotopic (exact) mass is 456 g/mol. The topological polar surface area (TPSA) is 49.4 Å². The van der Waals surface area contributed by atoms with E-state index in [0.29, 0.717) is 10.7 Å². The molecule has 2 heterocycles. The number of hydrogen-bond acceptors (Lipinski definition) is 5. The molecule has 0 spiro atoms. The van der Waals surface area contributed by atoms with Crippen LogP contribution in [0.1, 0.15) is 4.88 Å². The largest absolute Gasteiger partial charge is 0.298 e. The number of hydrogen-bond donors (Lipinski definition) is 1. The lowest BCUT2D eigenvalue weighted by Crippen LogP contribution is -2.54. The molecule has 3 aromatic rings. The van der Waals surface area contributed by atoms with Gasteiger partial charge < -0.3 is 0 Å². The first-order valence-electron chi connectivity index (χ1n) is 8.51. The number of thiocarbonyl (C=S) groups is 1. The van der Waals surface area contributed by atoms with Crippen molar-refractivity contribution in [2.75, 3.05) is 4.90 Å². The summed E-state index contributed by atoms with van der Waals surface area (Å²) in [6.45, 7) is 0. The molecule has 0 unspecified atom stereocenters. The normalized spacial score (nSPS) is 15.7. The van der Waals surface area contributed by atoms with Gasteiger partial charge in [0.05, 0.1) is 9.90 Å². The van der Waals surface area contributed by atoms with Crippen molar-refractivity contribution in [1.29, 1.82) is 0 Å². The second kappa shape index (κ2) is 8.51. The van der Waals surface area contributed by atoms with Crippen LogP contribution in [0.3, 0.4) is 0 Å². The third-order valence-corrected chi connectivity index (χ3v) is 6.75. The second-order valence-corrected chi connectivity index (χ2v) is 9.32. The number of nitrogens with one attached hydrogen (secondary N) is 1. The Morgan fingerprint density at radius 1 is 1.00 bits per heavy atom. The van der Waals surface area contributed by atoms with Gasteiger partial charge in [0, 0.05) is 14.8 Å². The average Bonchev–Trinajstić information content (AvgIpc) is 3.15. The number of para-hydroxylation sites is 1. The molecule has 2 aromatic carbocycles. The van der Waals surface area contributed by atoms with E-state index >= 15 is 0 Å². The van der Waals surface area contributed by atoms with Crippen LogP contribution in [-0.2, 0) is 9.59 Å². The van der Waals surface area contributed by atoms with E-state index in [9.17, 15) is 9.59 Å². The van der Waals surface area contributed by atoms with Gasteiger partial charge >= 0.3 is 0 Å². The minimum Gasteiger partial charge on any atom is -0.298 e. The lowest BCUT2D eigenvalue weighted by atomic mass is 10.1. The number of carbonyl (C=O) groups is 2. The van der Waals surface area contributed by atoms with Gasteiger partial charge in [0.15, 0.2) is 5.11 Å². The van der Waals surface area contributed by atoms with E-state index in [1.807, 2.05) is 54.6 Å². The molecular weight excluding hydrogens is 444 g/mol. The summed E-state index contributed by atoms with van der Waals surface area (Å²) < 4.78 is 1.04. The summed E-state index contributed by atoms with van der Waals surface area (Å²) in [6.07, 6.45) is 1.60. The van der Waals surface area contributed by atoms with Gasteiger partial charge in [-0.05, 0) is 66.8 Å². The SMILES string of the molecule is O=C1NC(=S)N(c2ccccc2)C(=O)/C1=C/c1ccc(Sc2ccc(Cl)cc2)s1. The van der Waals surface area contributed by atoms with Crippen LogP contribution in [-0.4, -0.2) is 16.9 Å². The van der Waals surface area contributed by atoms with Crippen LogP contribution in [0.15, 0.2) is 81.4 Å². The van der Waals surface area contributed by atoms with E-state index in [2.05, 4.69) is 5.32 Å². The lowest BCUT2D eigenvalue weighted by Gasteiger charge is -2.28. The smallest absolute Gasteiger partial charge is 0.270 e. The molecule has 144 valence electrons. The van der Waals surface area contributed by atoms with Crippen LogP contribution >= 0.6 is 46.9 Å². The molecule has 4 nitrogen and oxygen atoms in total. The number of halogens is 1. The standard InChI is InChI=1S/C21H13ClN2O2S3/c22-13-6-8-15(9-7-13)28-18-11-10-16(29-18)12-17-19(25)23-21(27)24(20(17)26)14-4-2-1-3-5-14/h1-12H,(H,23,25,27)/b17-12+. The van der Waals surface area contributed by atoms with Crippen LogP contribution in [0.4, 0.5) is 5.69 Å². The van der Waals surface area contributed by atoms with Crippen molar-refractivity contribution < 1.29 is 9.59 Å². The Kier molecular flexibility index (Phi) is 5.82. The van der Waals surface area contributed by atoms with Gasteiger partial charge in [-0.1, -0.05) is 41.6 Å². The molecule has 4 rings (SSSR count). The van der Waals surface area contributed by atoms with Crippen LogP contribution < -0.4 is 10.2 Å². The summed E-state index contributed by atoms with van der Waals surface area (Å²) in [5.41, 5.74) is 0.658. The van der Waals surface area contributed by atoms with E-state index < -0.39 is 11.8 Å². The number of anilines is 1. The minimum atomic E-state index is -0.493. The number of nitrogens with zero attached hydrogens (tertiary/aromatic N) is 1. The van der Waals surface area contributed by atoms with Gasteiger partial charge in [-0.25, -0.2) is 0 Å². The van der Waals surface area contributed by atoms with Crippen LogP contribution in [0.25, 0.3) is 6.08 Å². The summed E-state index contributed by atoms with van der Waals surface area (Å²) in [4.78, 5) is 28.6. The van der Waals surface area contributed by atoms with E-state index in [0.717, 1.165) is 14.0 Å². The first-order valence-corrected chi connectivity index (χ1v) is 10.9. The third-order valence-electron chi connectivity index (χ3n) is 4.04. The van der Waals surface area contributed by atoms with Crippen molar-refractivity contribution in [3.8, 4) is 0 Å². The maximum absolute atomic E-state index is 13.0. The third kappa shape index (κ3) is 4.43. The molecule has 1 aromatic heterocycles. The van der Waals surface area contributed by atoms with Crippen LogP contribution in [0, 0.1) is 0 Å². The van der Waals surface area contributed by atoms with E-state index in [1.165, 1.54) is 16.2 Å². The van der Waals surface area contributed by atoms with Gasteiger partial charge in [0.2, 0.25) is 0 Å². The molecular formula is C21H13ClN2O2S3. The molecule has 0 atom stereocenters. The van der Waals surface area contributed by atoms with Gasteiger partial charge in [-0.15, -0.1) is 11.3 Å². The zero-order valence-corrected chi connectivity index (χ0v) is 18.0. The van der Waals surface area contributed by atoms with E-state index in [4.69, 9.17) is 23.8 Å². The number of thiophene rings is 1. The molecule has 1 saturated heterocycles. The summed E-state index contributed by atoms with van der Waals surface area (Å²) in [6, 6.07) is 20.4. The zero-order chi connectivity index (χ0) is 20.4. The fourth-order valence-electron chi connectivity index (χ4n) is 2.70.